The van der Waals surface area contributed by atoms with Gasteiger partial charge >= 0.3 is 6.18 Å². The number of allylic oxidation sites excluding steroid dienone is 1. The van der Waals surface area contributed by atoms with Gasteiger partial charge in [-0.25, -0.2) is 0 Å². The van der Waals surface area contributed by atoms with Gasteiger partial charge in [0.2, 0.25) is 0 Å². The van der Waals surface area contributed by atoms with Crippen molar-refractivity contribution in [2.24, 2.45) is 11.1 Å². The predicted octanol–water partition coefficient (Wildman–Crippen LogP) is 4.74. The molecular formula is C24H34F3N3O2. The first kappa shape index (κ1) is 25.9. The van der Waals surface area contributed by atoms with Crippen LogP contribution in [0.2, 0.25) is 0 Å². The number of aliphatic hydroxyl groups is 1. The van der Waals surface area contributed by atoms with Crippen LogP contribution in [0.4, 0.5) is 13.2 Å². The Morgan fingerprint density at radius 2 is 1.84 bits per heavy atom. The van der Waals surface area contributed by atoms with Gasteiger partial charge in [0.15, 0.2) is 0 Å². The van der Waals surface area contributed by atoms with E-state index in [0.717, 1.165) is 49.9 Å². The minimum Gasteiger partial charge on any atom is -0.399 e. The fourth-order valence-electron chi connectivity index (χ4n) is 3.60. The molecule has 0 heterocycles. The summed E-state index contributed by atoms with van der Waals surface area (Å²) in [5, 5.41) is 20.7. The third-order valence-corrected chi connectivity index (χ3v) is 5.29. The molecule has 2 rings (SSSR count). The van der Waals surface area contributed by atoms with Crippen LogP contribution >= 0.6 is 0 Å². The molecule has 0 bridgehead atoms. The van der Waals surface area contributed by atoms with E-state index < -0.39 is 11.7 Å². The van der Waals surface area contributed by atoms with E-state index in [1.54, 1.807) is 6.08 Å². The Labute approximate surface area is 188 Å². The number of hydrogen-bond donors (Lipinski definition) is 3. The molecule has 0 amide bonds. The van der Waals surface area contributed by atoms with E-state index in [4.69, 9.17) is 4.84 Å². The molecule has 1 fully saturated rings. The molecule has 1 aliphatic carbocycles. The molecule has 1 aliphatic rings. The SMILES string of the molecule is C=C(N[C@H]1CC[C@@H](O)CC1)C(=N/OC)/C(=C/c1ccc(C(F)(F)F)cc1)CNCC(C)C. The largest absolute Gasteiger partial charge is 0.416 e. The minimum atomic E-state index is -4.38. The summed E-state index contributed by atoms with van der Waals surface area (Å²) in [5.74, 6) is 0.431. The van der Waals surface area contributed by atoms with Gasteiger partial charge in [-0.15, -0.1) is 0 Å². The zero-order chi connectivity index (χ0) is 23.7. The highest BCUT2D eigenvalue weighted by atomic mass is 19.4. The molecule has 0 atom stereocenters. The van der Waals surface area contributed by atoms with Crippen molar-refractivity contribution < 1.29 is 23.1 Å². The summed E-state index contributed by atoms with van der Waals surface area (Å²) in [4.78, 5) is 5.07. The van der Waals surface area contributed by atoms with E-state index in [1.807, 2.05) is 0 Å². The van der Waals surface area contributed by atoms with Crippen LogP contribution in [0.5, 0.6) is 0 Å². The number of aliphatic hydroxyl groups excluding tert-OH is 1. The second-order valence-electron chi connectivity index (χ2n) is 8.56. The number of nitrogens with one attached hydrogen (secondary N) is 2. The first-order valence-electron chi connectivity index (χ1n) is 10.9. The van der Waals surface area contributed by atoms with E-state index in [1.165, 1.54) is 19.2 Å². The van der Waals surface area contributed by atoms with Gasteiger partial charge in [-0.3, -0.25) is 0 Å². The Balaban J connectivity index is 2.27. The molecule has 0 unspecified atom stereocenters. The van der Waals surface area contributed by atoms with Crippen LogP contribution in [0.1, 0.15) is 50.7 Å². The zero-order valence-corrected chi connectivity index (χ0v) is 19.0. The van der Waals surface area contributed by atoms with Gasteiger partial charge in [-0.1, -0.05) is 37.7 Å². The van der Waals surface area contributed by atoms with Crippen LogP contribution < -0.4 is 10.6 Å². The summed E-state index contributed by atoms with van der Waals surface area (Å²) >= 11 is 0. The number of rotatable bonds is 10. The van der Waals surface area contributed by atoms with E-state index >= 15 is 0 Å². The molecule has 1 saturated carbocycles. The highest BCUT2D eigenvalue weighted by molar-refractivity contribution is 6.14. The van der Waals surface area contributed by atoms with Gasteiger partial charge in [0.1, 0.15) is 12.8 Å². The zero-order valence-electron chi connectivity index (χ0n) is 19.0. The molecule has 0 radical (unpaired) electrons. The van der Waals surface area contributed by atoms with Crippen LogP contribution in [0.25, 0.3) is 6.08 Å². The normalized spacial score (nSPS) is 20.4. The van der Waals surface area contributed by atoms with Crippen LogP contribution in [0, 0.1) is 5.92 Å². The van der Waals surface area contributed by atoms with Crippen molar-refractivity contribution in [1.82, 2.24) is 10.6 Å². The van der Waals surface area contributed by atoms with Gasteiger partial charge in [0.25, 0.3) is 0 Å². The number of halogens is 3. The lowest BCUT2D eigenvalue weighted by molar-refractivity contribution is -0.137. The van der Waals surface area contributed by atoms with Crippen molar-refractivity contribution in [1.29, 1.82) is 0 Å². The van der Waals surface area contributed by atoms with Crippen LogP contribution in [-0.2, 0) is 11.0 Å². The Kier molecular flexibility index (Phi) is 9.78. The number of alkyl halides is 3. The average Bonchev–Trinajstić information content (AvgIpc) is 2.72. The van der Waals surface area contributed by atoms with Crippen LogP contribution in [-0.4, -0.2) is 43.2 Å². The van der Waals surface area contributed by atoms with E-state index in [-0.39, 0.29) is 12.1 Å². The number of nitrogens with zero attached hydrogens (tertiary/aromatic N) is 1. The van der Waals surface area contributed by atoms with E-state index in [0.29, 0.717) is 29.4 Å². The highest BCUT2D eigenvalue weighted by Gasteiger charge is 2.30. The molecule has 0 aliphatic heterocycles. The number of oxime groups is 1. The smallest absolute Gasteiger partial charge is 0.399 e. The topological polar surface area (TPSA) is 65.9 Å². The molecule has 1 aromatic rings. The summed E-state index contributed by atoms with van der Waals surface area (Å²) in [6.07, 6.45) is 0.260. The van der Waals surface area contributed by atoms with Gasteiger partial charge in [-0.2, -0.15) is 13.2 Å². The van der Waals surface area contributed by atoms with E-state index in [2.05, 4.69) is 36.2 Å². The fourth-order valence-corrected chi connectivity index (χ4v) is 3.60. The Morgan fingerprint density at radius 3 is 2.38 bits per heavy atom. The maximum atomic E-state index is 12.9. The molecule has 8 heteroatoms. The summed E-state index contributed by atoms with van der Waals surface area (Å²) in [6.45, 7) is 9.54. The Morgan fingerprint density at radius 1 is 1.22 bits per heavy atom. The van der Waals surface area contributed by atoms with Gasteiger partial charge < -0.3 is 20.6 Å². The monoisotopic (exact) mass is 453 g/mol. The molecular weight excluding hydrogens is 419 g/mol. The third kappa shape index (κ3) is 8.31. The van der Waals surface area contributed by atoms with Crippen molar-refractivity contribution >= 4 is 11.8 Å². The molecule has 1 aromatic carbocycles. The van der Waals surface area contributed by atoms with Gasteiger partial charge in [0.05, 0.1) is 17.4 Å². The Bertz CT molecular complexity index is 794. The highest BCUT2D eigenvalue weighted by Crippen LogP contribution is 2.29. The van der Waals surface area contributed by atoms with Crippen molar-refractivity contribution in [3.05, 3.63) is 53.2 Å². The summed E-state index contributed by atoms with van der Waals surface area (Å²) in [6, 6.07) is 5.18. The molecule has 32 heavy (non-hydrogen) atoms. The van der Waals surface area contributed by atoms with Gasteiger partial charge in [0, 0.05) is 12.6 Å². The standard InChI is InChI=1S/C24H34F3N3O2/c1-16(2)14-28-15-19(13-18-5-7-20(8-6-18)24(25,26)27)23(30-32-4)17(3)29-21-9-11-22(31)12-10-21/h5-8,13,16,21-22,28-29,31H,3,9-12,14-15H2,1-2,4H3/b19-13+,30-23-/t21-,22+. The third-order valence-electron chi connectivity index (χ3n) is 5.29. The lowest BCUT2D eigenvalue weighted by Gasteiger charge is -2.28. The fraction of sp³-hybridized carbons (Fsp3) is 0.542. The van der Waals surface area contributed by atoms with E-state index in [9.17, 15) is 18.3 Å². The lowest BCUT2D eigenvalue weighted by atomic mass is 9.92. The second-order valence-corrected chi connectivity index (χ2v) is 8.56. The molecule has 0 spiro atoms. The first-order chi connectivity index (χ1) is 15.1. The Hall–Kier alpha value is -2.32. The number of hydrogen-bond acceptors (Lipinski definition) is 5. The summed E-state index contributed by atoms with van der Waals surface area (Å²) < 4.78 is 38.7. The molecule has 0 aromatic heterocycles. The number of benzene rings is 1. The van der Waals surface area contributed by atoms with Crippen molar-refractivity contribution in [2.45, 2.75) is 57.9 Å². The van der Waals surface area contributed by atoms with Gasteiger partial charge in [-0.05, 0) is 67.5 Å². The van der Waals surface area contributed by atoms with Crippen LogP contribution in [0.3, 0.4) is 0 Å². The summed E-state index contributed by atoms with van der Waals surface area (Å²) in [7, 11) is 1.45. The predicted molar refractivity (Wildman–Crippen MR) is 122 cm³/mol. The quantitative estimate of drug-likeness (QED) is 0.354. The van der Waals surface area contributed by atoms with Crippen molar-refractivity contribution in [3.63, 3.8) is 0 Å². The maximum Gasteiger partial charge on any atom is 0.416 e. The first-order valence-corrected chi connectivity index (χ1v) is 10.9. The van der Waals surface area contributed by atoms with Crippen LogP contribution in [0.15, 0.2) is 47.3 Å². The molecule has 178 valence electrons. The maximum absolute atomic E-state index is 12.9. The minimum absolute atomic E-state index is 0.170. The van der Waals surface area contributed by atoms with Crippen molar-refractivity contribution in [3.8, 4) is 0 Å². The lowest BCUT2D eigenvalue weighted by Crippen LogP contribution is -2.37. The van der Waals surface area contributed by atoms with Crippen molar-refractivity contribution in [2.75, 3.05) is 20.2 Å². The second kappa shape index (κ2) is 12.1. The molecule has 5 nitrogen and oxygen atoms in total. The summed E-state index contributed by atoms with van der Waals surface area (Å²) in [5.41, 5.74) is 1.77. The average molecular weight is 454 g/mol. The molecule has 3 N–H and O–H groups in total. The molecule has 0 saturated heterocycles.